The summed E-state index contributed by atoms with van der Waals surface area (Å²) in [6.45, 7) is 0. The number of H-pyrrole nitrogens is 1. The van der Waals surface area contributed by atoms with E-state index >= 15 is 0 Å². The van der Waals surface area contributed by atoms with Crippen molar-refractivity contribution in [2.24, 2.45) is 5.73 Å². The predicted molar refractivity (Wildman–Crippen MR) is 135 cm³/mol. The average Bonchev–Trinajstić information content (AvgIpc) is 3.28. The first-order valence-corrected chi connectivity index (χ1v) is 11.9. The molecule has 16 heteroatoms. The lowest BCUT2D eigenvalue weighted by molar-refractivity contribution is -0.145. The number of carboxylic acids is 4. The maximum atomic E-state index is 12.9. The first kappa shape index (κ1) is 31.2. The second-order valence-corrected chi connectivity index (χ2v) is 8.82. The number of fused-ring (bicyclic) bond motifs is 1. The van der Waals surface area contributed by atoms with Gasteiger partial charge in [-0.2, -0.15) is 0 Å². The highest BCUT2D eigenvalue weighted by molar-refractivity contribution is 5.97. The Morgan fingerprint density at radius 3 is 1.80 bits per heavy atom. The van der Waals surface area contributed by atoms with Crippen molar-refractivity contribution in [3.05, 3.63) is 36.0 Å². The fraction of sp³-hybridized carbons (Fsp3) is 0.375. The first-order chi connectivity index (χ1) is 18.8. The second-order valence-electron chi connectivity index (χ2n) is 8.82. The van der Waals surface area contributed by atoms with Crippen LogP contribution in [0.25, 0.3) is 10.9 Å². The van der Waals surface area contributed by atoms with Crippen molar-refractivity contribution in [1.82, 2.24) is 20.9 Å². The molecule has 2 rings (SSSR count). The molecule has 0 aliphatic heterocycles. The Bertz CT molecular complexity index is 1290. The topological polar surface area (TPSA) is 278 Å². The van der Waals surface area contributed by atoms with Gasteiger partial charge in [-0.05, 0) is 18.1 Å². The van der Waals surface area contributed by atoms with Gasteiger partial charge in [0.15, 0.2) is 0 Å². The van der Waals surface area contributed by atoms with Gasteiger partial charge in [0, 0.05) is 29.9 Å². The average molecular weight is 564 g/mol. The first-order valence-electron chi connectivity index (χ1n) is 11.9. The molecule has 0 saturated heterocycles. The molecule has 40 heavy (non-hydrogen) atoms. The maximum absolute atomic E-state index is 12.9. The Hall–Kier alpha value is -4.99. The largest absolute Gasteiger partial charge is 0.481 e. The Morgan fingerprint density at radius 1 is 0.750 bits per heavy atom. The van der Waals surface area contributed by atoms with Crippen molar-refractivity contribution in [3.8, 4) is 0 Å². The highest BCUT2D eigenvalue weighted by atomic mass is 16.4. The molecule has 4 atom stereocenters. The van der Waals surface area contributed by atoms with E-state index < -0.39 is 85.0 Å². The number of para-hydroxylation sites is 1. The SMILES string of the molecule is NC(CCC(=O)O)C(=O)NC(CC(=O)O)C(=O)NC(CC(=O)O)C(=O)NC(Cc1c[nH]c2ccccc12)C(=O)O. The number of carboxylic acid groups (broad SMARTS) is 4. The summed E-state index contributed by atoms with van der Waals surface area (Å²) in [6, 6.07) is 0.410. The van der Waals surface area contributed by atoms with Crippen molar-refractivity contribution in [3.63, 3.8) is 0 Å². The summed E-state index contributed by atoms with van der Waals surface area (Å²) in [5.74, 6) is -9.25. The van der Waals surface area contributed by atoms with Gasteiger partial charge in [0.25, 0.3) is 0 Å². The summed E-state index contributed by atoms with van der Waals surface area (Å²) in [5.41, 5.74) is 6.85. The van der Waals surface area contributed by atoms with Crippen LogP contribution in [0.2, 0.25) is 0 Å². The maximum Gasteiger partial charge on any atom is 0.326 e. The van der Waals surface area contributed by atoms with E-state index in [1.54, 1.807) is 30.5 Å². The van der Waals surface area contributed by atoms with Crippen LogP contribution in [0.5, 0.6) is 0 Å². The summed E-state index contributed by atoms with van der Waals surface area (Å²) in [7, 11) is 0. The molecule has 1 heterocycles. The molecule has 0 aliphatic carbocycles. The number of aromatic amines is 1. The monoisotopic (exact) mass is 563 g/mol. The number of hydrogen-bond acceptors (Lipinski definition) is 8. The van der Waals surface area contributed by atoms with E-state index in [9.17, 15) is 43.8 Å². The van der Waals surface area contributed by atoms with Crippen LogP contribution in [0.15, 0.2) is 30.5 Å². The van der Waals surface area contributed by atoms with Gasteiger partial charge in [-0.15, -0.1) is 0 Å². The fourth-order valence-electron chi connectivity index (χ4n) is 3.72. The number of benzene rings is 1. The minimum atomic E-state index is -1.84. The Morgan fingerprint density at radius 2 is 1.27 bits per heavy atom. The van der Waals surface area contributed by atoms with Gasteiger partial charge in [0.2, 0.25) is 17.7 Å². The van der Waals surface area contributed by atoms with Crippen molar-refractivity contribution < 1.29 is 54.0 Å². The van der Waals surface area contributed by atoms with Gasteiger partial charge in [0.1, 0.15) is 18.1 Å². The molecule has 0 bridgehead atoms. The zero-order valence-electron chi connectivity index (χ0n) is 21.0. The minimum absolute atomic E-state index is 0.190. The van der Waals surface area contributed by atoms with E-state index in [0.717, 1.165) is 5.52 Å². The van der Waals surface area contributed by atoms with Crippen LogP contribution in [0.1, 0.15) is 31.2 Å². The number of aromatic nitrogens is 1. The van der Waals surface area contributed by atoms with Crippen molar-refractivity contribution in [2.75, 3.05) is 0 Å². The van der Waals surface area contributed by atoms with E-state index in [1.807, 2.05) is 10.6 Å². The smallest absolute Gasteiger partial charge is 0.326 e. The third-order valence-electron chi connectivity index (χ3n) is 5.74. The molecule has 0 fully saturated rings. The number of aliphatic carboxylic acids is 4. The molecule has 0 spiro atoms. The Labute approximate surface area is 225 Å². The molecular formula is C24H29N5O11. The number of amides is 3. The highest BCUT2D eigenvalue weighted by Gasteiger charge is 2.33. The number of carbonyl (C=O) groups is 7. The van der Waals surface area contributed by atoms with Gasteiger partial charge in [-0.25, -0.2) is 4.79 Å². The van der Waals surface area contributed by atoms with Crippen LogP contribution in [0.4, 0.5) is 0 Å². The van der Waals surface area contributed by atoms with Crippen LogP contribution in [-0.2, 0) is 40.0 Å². The number of nitrogens with one attached hydrogen (secondary N) is 4. The third kappa shape index (κ3) is 9.39. The number of nitrogens with two attached hydrogens (primary N) is 1. The van der Waals surface area contributed by atoms with Gasteiger partial charge >= 0.3 is 23.9 Å². The molecule has 16 nitrogen and oxygen atoms in total. The number of hydrogen-bond donors (Lipinski definition) is 9. The summed E-state index contributed by atoms with van der Waals surface area (Å²) in [4.78, 5) is 86.2. The zero-order chi connectivity index (χ0) is 30.0. The molecular weight excluding hydrogens is 534 g/mol. The molecule has 2 aromatic rings. The standard InChI is InChI=1S/C24H29N5O11/c25-13(5-6-18(30)31)21(36)27-15(8-19(32)33)22(37)28-16(9-20(34)35)23(38)29-17(24(39)40)7-11-10-26-14-4-2-1-3-12(11)14/h1-4,10,13,15-17,26H,5-9,25H2,(H,27,36)(H,28,37)(H,29,38)(H,30,31)(H,32,33)(H,34,35)(H,39,40). The minimum Gasteiger partial charge on any atom is -0.481 e. The van der Waals surface area contributed by atoms with Gasteiger partial charge in [0.05, 0.1) is 18.9 Å². The summed E-state index contributed by atoms with van der Waals surface area (Å²) in [6.07, 6.45) is -1.41. The van der Waals surface area contributed by atoms with E-state index in [0.29, 0.717) is 10.9 Å². The number of carbonyl (C=O) groups excluding carboxylic acids is 3. The molecule has 1 aromatic heterocycles. The van der Waals surface area contributed by atoms with E-state index in [1.165, 1.54) is 0 Å². The molecule has 0 saturated carbocycles. The zero-order valence-corrected chi connectivity index (χ0v) is 21.0. The molecule has 0 aliphatic rings. The summed E-state index contributed by atoms with van der Waals surface area (Å²) >= 11 is 0. The lowest BCUT2D eigenvalue weighted by Crippen LogP contribution is -2.58. The van der Waals surface area contributed by atoms with Crippen molar-refractivity contribution in [1.29, 1.82) is 0 Å². The van der Waals surface area contributed by atoms with E-state index in [-0.39, 0.29) is 12.8 Å². The Balaban J connectivity index is 2.17. The number of rotatable bonds is 16. The molecule has 0 radical (unpaired) electrons. The molecule has 1 aromatic carbocycles. The van der Waals surface area contributed by atoms with Gasteiger partial charge in [-0.3, -0.25) is 28.8 Å². The van der Waals surface area contributed by atoms with Crippen LogP contribution in [0, 0.1) is 0 Å². The summed E-state index contributed by atoms with van der Waals surface area (Å²) in [5, 5.41) is 43.7. The second kappa shape index (κ2) is 14.2. The normalized spacial score (nSPS) is 13.8. The fourth-order valence-corrected chi connectivity index (χ4v) is 3.72. The van der Waals surface area contributed by atoms with Crippen molar-refractivity contribution in [2.45, 2.75) is 56.3 Å². The molecule has 4 unspecified atom stereocenters. The van der Waals surface area contributed by atoms with Crippen molar-refractivity contribution >= 4 is 52.5 Å². The lowest BCUT2D eigenvalue weighted by Gasteiger charge is -2.24. The van der Waals surface area contributed by atoms with Crippen LogP contribution in [0.3, 0.4) is 0 Å². The van der Waals surface area contributed by atoms with Crippen LogP contribution >= 0.6 is 0 Å². The van der Waals surface area contributed by atoms with Gasteiger partial charge < -0.3 is 47.1 Å². The quantitative estimate of drug-likeness (QED) is 0.112. The van der Waals surface area contributed by atoms with Crippen LogP contribution < -0.4 is 21.7 Å². The van der Waals surface area contributed by atoms with Gasteiger partial charge in [-0.1, -0.05) is 18.2 Å². The predicted octanol–water partition coefficient (Wildman–Crippen LogP) is -1.61. The molecule has 3 amide bonds. The highest BCUT2D eigenvalue weighted by Crippen LogP contribution is 2.19. The molecule has 216 valence electrons. The van der Waals surface area contributed by atoms with Crippen LogP contribution in [-0.4, -0.2) is 91.2 Å². The molecule has 10 N–H and O–H groups in total. The Kier molecular flexibility index (Phi) is 11.1. The van der Waals surface area contributed by atoms with E-state index in [2.05, 4.69) is 10.3 Å². The lowest BCUT2D eigenvalue weighted by atomic mass is 10.0. The third-order valence-corrected chi connectivity index (χ3v) is 5.74. The summed E-state index contributed by atoms with van der Waals surface area (Å²) < 4.78 is 0. The van der Waals surface area contributed by atoms with E-state index in [4.69, 9.17) is 15.9 Å².